The highest BCUT2D eigenvalue weighted by Crippen LogP contribution is 2.27. The molecular weight excluding hydrogens is 276 g/mol. The van der Waals surface area contributed by atoms with E-state index in [4.69, 9.17) is 4.74 Å². The molecule has 3 heterocycles. The van der Waals surface area contributed by atoms with Gasteiger partial charge in [-0.2, -0.15) is 5.10 Å². The SMILES string of the molecule is CCOC(=O)c1sc2nc(-c3ccnn3C)cn2c1C. The molecule has 0 bridgehead atoms. The number of carbonyl (C=O) groups is 1. The second-order valence-corrected chi connectivity index (χ2v) is 5.33. The molecule has 0 saturated carbocycles. The molecule has 7 heteroatoms. The summed E-state index contributed by atoms with van der Waals surface area (Å²) in [6.07, 6.45) is 3.65. The van der Waals surface area contributed by atoms with Gasteiger partial charge < -0.3 is 4.74 Å². The third-order valence-corrected chi connectivity index (χ3v) is 4.24. The summed E-state index contributed by atoms with van der Waals surface area (Å²) in [5.41, 5.74) is 2.64. The number of rotatable bonds is 3. The Kier molecular flexibility index (Phi) is 3.06. The minimum Gasteiger partial charge on any atom is -0.462 e. The van der Waals surface area contributed by atoms with E-state index in [2.05, 4.69) is 10.1 Å². The number of hydrogen-bond donors (Lipinski definition) is 0. The Morgan fingerprint density at radius 2 is 2.30 bits per heavy atom. The van der Waals surface area contributed by atoms with E-state index in [1.54, 1.807) is 17.8 Å². The number of nitrogens with zero attached hydrogens (tertiary/aromatic N) is 4. The molecule has 0 atom stereocenters. The summed E-state index contributed by atoms with van der Waals surface area (Å²) in [5.74, 6) is -0.289. The summed E-state index contributed by atoms with van der Waals surface area (Å²) >= 11 is 1.34. The molecule has 3 aromatic heterocycles. The number of imidazole rings is 1. The third-order valence-electron chi connectivity index (χ3n) is 3.10. The van der Waals surface area contributed by atoms with Gasteiger partial charge in [0.1, 0.15) is 10.6 Å². The molecule has 0 radical (unpaired) electrons. The molecule has 0 aromatic carbocycles. The summed E-state index contributed by atoms with van der Waals surface area (Å²) in [7, 11) is 1.87. The lowest BCUT2D eigenvalue weighted by molar-refractivity contribution is 0.0531. The van der Waals surface area contributed by atoms with Gasteiger partial charge in [0.25, 0.3) is 0 Å². The average molecular weight is 290 g/mol. The van der Waals surface area contributed by atoms with Crippen molar-refractivity contribution < 1.29 is 9.53 Å². The molecule has 104 valence electrons. The summed E-state index contributed by atoms with van der Waals surface area (Å²) in [5, 5.41) is 4.14. The fraction of sp³-hybridized carbons (Fsp3) is 0.308. The van der Waals surface area contributed by atoms with Crippen molar-refractivity contribution in [2.45, 2.75) is 13.8 Å². The van der Waals surface area contributed by atoms with Crippen molar-refractivity contribution in [2.75, 3.05) is 6.61 Å². The number of aryl methyl sites for hydroxylation is 2. The zero-order valence-electron chi connectivity index (χ0n) is 11.5. The Balaban J connectivity index is 2.07. The second kappa shape index (κ2) is 4.75. The number of ether oxygens (including phenoxy) is 1. The maximum Gasteiger partial charge on any atom is 0.350 e. The van der Waals surface area contributed by atoms with Crippen LogP contribution in [-0.4, -0.2) is 31.7 Å². The molecule has 3 rings (SSSR count). The van der Waals surface area contributed by atoms with E-state index in [1.807, 2.05) is 30.6 Å². The summed E-state index contributed by atoms with van der Waals surface area (Å²) < 4.78 is 8.73. The third kappa shape index (κ3) is 1.90. The first kappa shape index (κ1) is 12.9. The highest BCUT2D eigenvalue weighted by Gasteiger charge is 2.19. The van der Waals surface area contributed by atoms with E-state index < -0.39 is 0 Å². The Hall–Kier alpha value is -2.15. The van der Waals surface area contributed by atoms with Crippen molar-refractivity contribution in [3.8, 4) is 11.4 Å². The molecule has 6 nitrogen and oxygen atoms in total. The van der Waals surface area contributed by atoms with Gasteiger partial charge in [-0.15, -0.1) is 0 Å². The highest BCUT2D eigenvalue weighted by atomic mass is 32.1. The lowest BCUT2D eigenvalue weighted by Crippen LogP contribution is -2.04. The van der Waals surface area contributed by atoms with Crippen LogP contribution in [0.3, 0.4) is 0 Å². The number of fused-ring (bicyclic) bond motifs is 1. The van der Waals surface area contributed by atoms with Gasteiger partial charge in [-0.3, -0.25) is 9.08 Å². The van der Waals surface area contributed by atoms with Crippen molar-refractivity contribution in [1.29, 1.82) is 0 Å². The summed E-state index contributed by atoms with van der Waals surface area (Å²) in [6.45, 7) is 4.07. The maximum absolute atomic E-state index is 11.8. The molecule has 0 amide bonds. The maximum atomic E-state index is 11.8. The van der Waals surface area contributed by atoms with Gasteiger partial charge >= 0.3 is 5.97 Å². The molecular formula is C13H14N4O2S. The van der Waals surface area contributed by atoms with Crippen LogP contribution in [0, 0.1) is 6.92 Å². The molecule has 0 N–H and O–H groups in total. The quantitative estimate of drug-likeness (QED) is 0.694. The summed E-state index contributed by atoms with van der Waals surface area (Å²) in [4.78, 5) is 17.8. The fourth-order valence-corrected chi connectivity index (χ4v) is 3.09. The molecule has 0 fully saturated rings. The number of hydrogen-bond acceptors (Lipinski definition) is 5. The normalized spacial score (nSPS) is 11.2. The highest BCUT2D eigenvalue weighted by molar-refractivity contribution is 7.19. The van der Waals surface area contributed by atoms with Crippen molar-refractivity contribution in [3.05, 3.63) is 29.0 Å². The van der Waals surface area contributed by atoms with E-state index in [-0.39, 0.29) is 5.97 Å². The van der Waals surface area contributed by atoms with Gasteiger partial charge in [-0.05, 0) is 19.9 Å². The van der Waals surface area contributed by atoms with E-state index in [0.717, 1.165) is 22.0 Å². The Labute approximate surface area is 119 Å². The van der Waals surface area contributed by atoms with Crippen molar-refractivity contribution in [1.82, 2.24) is 19.2 Å². The predicted molar refractivity (Wildman–Crippen MR) is 76.0 cm³/mol. The molecule has 0 unspecified atom stereocenters. The first-order valence-corrected chi connectivity index (χ1v) is 7.07. The van der Waals surface area contributed by atoms with Crippen LogP contribution in [0.25, 0.3) is 16.3 Å². The largest absolute Gasteiger partial charge is 0.462 e. The number of aromatic nitrogens is 4. The first-order valence-electron chi connectivity index (χ1n) is 6.25. The topological polar surface area (TPSA) is 61.4 Å². The van der Waals surface area contributed by atoms with E-state index in [9.17, 15) is 4.79 Å². The van der Waals surface area contributed by atoms with E-state index in [1.165, 1.54) is 11.3 Å². The fourth-order valence-electron chi connectivity index (χ4n) is 2.08. The van der Waals surface area contributed by atoms with Crippen LogP contribution < -0.4 is 0 Å². The Bertz CT molecular complexity index is 784. The molecule has 0 aliphatic rings. The van der Waals surface area contributed by atoms with Crippen LogP contribution in [0.2, 0.25) is 0 Å². The lowest BCUT2D eigenvalue weighted by atomic mass is 10.3. The average Bonchev–Trinajstić information content (AvgIpc) is 3.06. The van der Waals surface area contributed by atoms with Gasteiger partial charge in [0, 0.05) is 25.1 Å². The molecule has 0 aliphatic heterocycles. The van der Waals surface area contributed by atoms with Crippen LogP contribution in [0.1, 0.15) is 22.3 Å². The minimum absolute atomic E-state index is 0.289. The van der Waals surface area contributed by atoms with E-state index >= 15 is 0 Å². The smallest absolute Gasteiger partial charge is 0.350 e. The van der Waals surface area contributed by atoms with Crippen molar-refractivity contribution in [2.24, 2.45) is 7.05 Å². The standard InChI is InChI=1S/C13H14N4O2S/c1-4-19-12(18)11-8(2)17-7-9(15-13(17)20-11)10-5-6-14-16(10)3/h5-7H,4H2,1-3H3. The zero-order valence-corrected chi connectivity index (χ0v) is 12.3. The first-order chi connectivity index (χ1) is 9.61. The van der Waals surface area contributed by atoms with Gasteiger partial charge in [-0.1, -0.05) is 11.3 Å². The Morgan fingerprint density at radius 3 is 2.90 bits per heavy atom. The van der Waals surface area contributed by atoms with Crippen molar-refractivity contribution >= 4 is 22.3 Å². The number of carbonyl (C=O) groups excluding carboxylic acids is 1. The van der Waals surface area contributed by atoms with Crippen LogP contribution in [0.5, 0.6) is 0 Å². The molecule has 20 heavy (non-hydrogen) atoms. The zero-order chi connectivity index (χ0) is 14.3. The molecule has 3 aromatic rings. The molecule has 0 spiro atoms. The van der Waals surface area contributed by atoms with Gasteiger partial charge in [0.15, 0.2) is 4.96 Å². The monoisotopic (exact) mass is 290 g/mol. The van der Waals surface area contributed by atoms with Gasteiger partial charge in [0.05, 0.1) is 12.3 Å². The lowest BCUT2D eigenvalue weighted by Gasteiger charge is -1.99. The minimum atomic E-state index is -0.289. The van der Waals surface area contributed by atoms with Crippen LogP contribution in [0.4, 0.5) is 0 Å². The van der Waals surface area contributed by atoms with Crippen molar-refractivity contribution in [3.63, 3.8) is 0 Å². The Morgan fingerprint density at radius 1 is 1.50 bits per heavy atom. The predicted octanol–water partition coefficient (Wildman–Crippen LogP) is 2.28. The van der Waals surface area contributed by atoms with Crippen LogP contribution >= 0.6 is 11.3 Å². The van der Waals surface area contributed by atoms with Gasteiger partial charge in [0.2, 0.25) is 0 Å². The second-order valence-electron chi connectivity index (χ2n) is 4.36. The number of thiazole rings is 1. The molecule has 0 aliphatic carbocycles. The van der Waals surface area contributed by atoms with Crippen LogP contribution in [0.15, 0.2) is 18.5 Å². The molecule has 0 saturated heterocycles. The van der Waals surface area contributed by atoms with Gasteiger partial charge in [-0.25, -0.2) is 9.78 Å². The number of esters is 1. The van der Waals surface area contributed by atoms with E-state index in [0.29, 0.717) is 11.5 Å². The summed E-state index contributed by atoms with van der Waals surface area (Å²) in [6, 6.07) is 1.91. The van der Waals surface area contributed by atoms with Crippen LogP contribution in [-0.2, 0) is 11.8 Å².